The lowest BCUT2D eigenvalue weighted by atomic mass is 9.93. The number of ketones is 1. The number of benzene rings is 3. The molecule has 27 heavy (non-hydrogen) atoms. The van der Waals surface area contributed by atoms with E-state index in [0.29, 0.717) is 17.7 Å². The second kappa shape index (κ2) is 8.95. The van der Waals surface area contributed by atoms with Crippen LogP contribution in [0.5, 0.6) is 0 Å². The molecule has 136 valence electrons. The van der Waals surface area contributed by atoms with Crippen molar-refractivity contribution in [3.05, 3.63) is 89.5 Å². The summed E-state index contributed by atoms with van der Waals surface area (Å²) in [4.78, 5) is 25.0. The number of carbonyl (C=O) groups excluding carboxylic acids is 2. The molecule has 0 amide bonds. The average molecular weight is 358 g/mol. The molecule has 3 heteroatoms. The van der Waals surface area contributed by atoms with Gasteiger partial charge in [-0.25, -0.2) is 4.79 Å². The van der Waals surface area contributed by atoms with Crippen LogP contribution >= 0.6 is 0 Å². The fourth-order valence-electron chi connectivity index (χ4n) is 2.93. The van der Waals surface area contributed by atoms with E-state index in [9.17, 15) is 9.59 Å². The van der Waals surface area contributed by atoms with Crippen molar-refractivity contribution in [2.75, 3.05) is 6.61 Å². The van der Waals surface area contributed by atoms with Crippen LogP contribution in [-0.4, -0.2) is 18.4 Å². The van der Waals surface area contributed by atoms with Gasteiger partial charge in [0.2, 0.25) is 0 Å². The van der Waals surface area contributed by atoms with Crippen molar-refractivity contribution in [1.29, 1.82) is 0 Å². The molecule has 3 aromatic rings. The molecule has 3 rings (SSSR count). The van der Waals surface area contributed by atoms with Gasteiger partial charge in [-0.1, -0.05) is 74.0 Å². The highest BCUT2D eigenvalue weighted by atomic mass is 16.5. The fourth-order valence-corrected chi connectivity index (χ4v) is 2.93. The highest BCUT2D eigenvalue weighted by molar-refractivity contribution is 6.14. The van der Waals surface area contributed by atoms with E-state index in [0.717, 1.165) is 29.2 Å². The Balaban J connectivity index is 2.00. The number of rotatable bonds is 7. The zero-order valence-electron chi connectivity index (χ0n) is 15.4. The summed E-state index contributed by atoms with van der Waals surface area (Å²) >= 11 is 0. The van der Waals surface area contributed by atoms with Gasteiger partial charge < -0.3 is 4.74 Å². The predicted molar refractivity (Wildman–Crippen MR) is 109 cm³/mol. The highest BCUT2D eigenvalue weighted by Crippen LogP contribution is 2.26. The smallest absolute Gasteiger partial charge is 0.330 e. The Labute approximate surface area is 159 Å². The lowest BCUT2D eigenvalue weighted by Gasteiger charge is -2.10. The standard InChI is InChI=1S/C24H22O3/c1-2-3-17-27-23(25)16-15-21-20-12-8-7-9-18(20)13-14-22(21)24(26)19-10-5-4-6-11-19/h4-16H,2-3,17H2,1H3/b16-15+. The number of ether oxygens (including phenoxy) is 1. The van der Waals surface area contributed by atoms with Crippen molar-refractivity contribution in [2.45, 2.75) is 19.8 Å². The Kier molecular flexibility index (Phi) is 6.16. The zero-order valence-corrected chi connectivity index (χ0v) is 15.4. The first-order valence-electron chi connectivity index (χ1n) is 9.17. The summed E-state index contributed by atoms with van der Waals surface area (Å²) < 4.78 is 5.19. The highest BCUT2D eigenvalue weighted by Gasteiger charge is 2.14. The molecule has 0 spiro atoms. The van der Waals surface area contributed by atoms with E-state index in [-0.39, 0.29) is 5.78 Å². The minimum absolute atomic E-state index is 0.0691. The van der Waals surface area contributed by atoms with Crippen LogP contribution in [-0.2, 0) is 9.53 Å². The first-order valence-corrected chi connectivity index (χ1v) is 9.17. The Bertz CT molecular complexity index is 971. The van der Waals surface area contributed by atoms with E-state index in [1.807, 2.05) is 61.5 Å². The van der Waals surface area contributed by atoms with Crippen LogP contribution in [0.15, 0.2) is 72.8 Å². The SMILES string of the molecule is CCCCOC(=O)/C=C/c1c(C(=O)c2ccccc2)ccc2ccccc12. The Morgan fingerprint density at radius 1 is 0.926 bits per heavy atom. The van der Waals surface area contributed by atoms with Gasteiger partial charge in [0.15, 0.2) is 5.78 Å². The molecule has 0 atom stereocenters. The lowest BCUT2D eigenvalue weighted by Crippen LogP contribution is -2.05. The van der Waals surface area contributed by atoms with Crippen LogP contribution in [0.4, 0.5) is 0 Å². The Morgan fingerprint density at radius 2 is 1.67 bits per heavy atom. The molecule has 0 N–H and O–H groups in total. The monoisotopic (exact) mass is 358 g/mol. The minimum Gasteiger partial charge on any atom is -0.463 e. The first kappa shape index (κ1) is 18.6. The first-order chi connectivity index (χ1) is 13.2. The molecule has 0 heterocycles. The summed E-state index contributed by atoms with van der Waals surface area (Å²) in [5, 5.41) is 1.94. The van der Waals surface area contributed by atoms with Gasteiger partial charge in [0.25, 0.3) is 0 Å². The molecular weight excluding hydrogens is 336 g/mol. The molecule has 0 aliphatic rings. The van der Waals surface area contributed by atoms with Crippen molar-refractivity contribution in [1.82, 2.24) is 0 Å². The molecule has 0 bridgehead atoms. The van der Waals surface area contributed by atoms with Crippen LogP contribution in [0.3, 0.4) is 0 Å². The zero-order chi connectivity index (χ0) is 19.1. The van der Waals surface area contributed by atoms with E-state index < -0.39 is 5.97 Å². The van der Waals surface area contributed by atoms with E-state index in [1.54, 1.807) is 18.2 Å². The predicted octanol–water partition coefficient (Wildman–Crippen LogP) is 5.43. The van der Waals surface area contributed by atoms with Crippen LogP contribution in [0.25, 0.3) is 16.8 Å². The molecular formula is C24H22O3. The second-order valence-corrected chi connectivity index (χ2v) is 6.30. The molecule has 0 radical (unpaired) electrons. The number of fused-ring (bicyclic) bond motifs is 1. The van der Waals surface area contributed by atoms with E-state index in [4.69, 9.17) is 4.74 Å². The second-order valence-electron chi connectivity index (χ2n) is 6.30. The van der Waals surface area contributed by atoms with Crippen LogP contribution < -0.4 is 0 Å². The number of hydrogen-bond acceptors (Lipinski definition) is 3. The maximum absolute atomic E-state index is 13.0. The summed E-state index contributed by atoms with van der Waals surface area (Å²) in [6.45, 7) is 2.45. The number of unbranched alkanes of at least 4 members (excludes halogenated alkanes) is 1. The summed E-state index contributed by atoms with van der Waals surface area (Å²) in [7, 11) is 0. The van der Waals surface area contributed by atoms with Gasteiger partial charge in [-0.05, 0) is 34.9 Å². The summed E-state index contributed by atoms with van der Waals surface area (Å²) in [6, 6.07) is 20.7. The van der Waals surface area contributed by atoms with Crippen molar-refractivity contribution in [2.24, 2.45) is 0 Å². The number of hydrogen-bond donors (Lipinski definition) is 0. The van der Waals surface area contributed by atoms with Crippen molar-refractivity contribution in [3.8, 4) is 0 Å². The average Bonchev–Trinajstić information content (AvgIpc) is 2.72. The van der Waals surface area contributed by atoms with Gasteiger partial charge in [-0.2, -0.15) is 0 Å². The van der Waals surface area contributed by atoms with Gasteiger partial charge in [-0.15, -0.1) is 0 Å². The molecule has 3 nitrogen and oxygen atoms in total. The van der Waals surface area contributed by atoms with E-state index in [1.165, 1.54) is 6.08 Å². The molecule has 3 aromatic carbocycles. The number of esters is 1. The van der Waals surface area contributed by atoms with Crippen molar-refractivity contribution in [3.63, 3.8) is 0 Å². The third-order valence-electron chi connectivity index (χ3n) is 4.38. The molecule has 0 unspecified atom stereocenters. The van der Waals surface area contributed by atoms with Crippen molar-refractivity contribution < 1.29 is 14.3 Å². The molecule has 0 saturated carbocycles. The summed E-state index contributed by atoms with van der Waals surface area (Å²) in [5.74, 6) is -0.463. The van der Waals surface area contributed by atoms with Gasteiger partial charge >= 0.3 is 5.97 Å². The third kappa shape index (κ3) is 4.50. The Morgan fingerprint density at radius 3 is 2.44 bits per heavy atom. The van der Waals surface area contributed by atoms with Gasteiger partial charge in [-0.3, -0.25) is 4.79 Å². The normalized spacial score (nSPS) is 11.0. The summed E-state index contributed by atoms with van der Waals surface area (Å²) in [6.07, 6.45) is 4.90. The van der Waals surface area contributed by atoms with E-state index >= 15 is 0 Å². The van der Waals surface area contributed by atoms with Gasteiger partial charge in [0, 0.05) is 17.2 Å². The molecule has 0 fully saturated rings. The van der Waals surface area contributed by atoms with Gasteiger partial charge in [0.05, 0.1) is 6.61 Å². The lowest BCUT2D eigenvalue weighted by molar-refractivity contribution is -0.137. The van der Waals surface area contributed by atoms with Crippen LogP contribution in [0.1, 0.15) is 41.3 Å². The van der Waals surface area contributed by atoms with Gasteiger partial charge in [0.1, 0.15) is 0 Å². The maximum atomic E-state index is 13.0. The topological polar surface area (TPSA) is 43.4 Å². The molecule has 0 aromatic heterocycles. The maximum Gasteiger partial charge on any atom is 0.330 e. The third-order valence-corrected chi connectivity index (χ3v) is 4.38. The minimum atomic E-state index is -0.394. The molecule has 0 aliphatic carbocycles. The fraction of sp³-hybridized carbons (Fsp3) is 0.167. The van der Waals surface area contributed by atoms with E-state index in [2.05, 4.69) is 0 Å². The number of carbonyl (C=O) groups is 2. The van der Waals surface area contributed by atoms with Crippen molar-refractivity contribution >= 4 is 28.6 Å². The Hall–Kier alpha value is -3.20. The largest absolute Gasteiger partial charge is 0.463 e. The summed E-state index contributed by atoms with van der Waals surface area (Å²) in [5.41, 5.74) is 1.92. The van der Waals surface area contributed by atoms with Crippen LogP contribution in [0, 0.1) is 0 Å². The van der Waals surface area contributed by atoms with Crippen LogP contribution in [0.2, 0.25) is 0 Å². The molecule has 0 saturated heterocycles. The quantitative estimate of drug-likeness (QED) is 0.245. The molecule has 0 aliphatic heterocycles.